The van der Waals surface area contributed by atoms with E-state index in [2.05, 4.69) is 10.6 Å². The standard InChI is InChI=1S/C28H44N2O8/c1-8-18(5)37-24-14-12-21(17-25(24)38-19(6)9-2)16-23(28(34)36-11-4)30-26(32)15-13-22(29-20(7)31)27(33)35-10-3/h12,14,17-19,22-23H,8-11,13,15-16H2,1-7H3,(H,29,31)(H,30,32)/t18?,19?,22-,23-/m0/s1. The molecule has 0 aliphatic carbocycles. The molecule has 38 heavy (non-hydrogen) atoms. The summed E-state index contributed by atoms with van der Waals surface area (Å²) < 4.78 is 22.3. The molecular weight excluding hydrogens is 492 g/mol. The Balaban J connectivity index is 3.05. The van der Waals surface area contributed by atoms with Crippen LogP contribution in [0.25, 0.3) is 0 Å². The minimum atomic E-state index is -0.961. The number of ether oxygens (including phenoxy) is 4. The zero-order chi connectivity index (χ0) is 28.7. The summed E-state index contributed by atoms with van der Waals surface area (Å²) in [5.74, 6) is -0.888. The lowest BCUT2D eigenvalue weighted by molar-refractivity contribution is -0.148. The summed E-state index contributed by atoms with van der Waals surface area (Å²) in [4.78, 5) is 49.0. The van der Waals surface area contributed by atoms with E-state index >= 15 is 0 Å². The van der Waals surface area contributed by atoms with Gasteiger partial charge in [-0.05, 0) is 64.7 Å². The predicted molar refractivity (Wildman–Crippen MR) is 143 cm³/mol. The SMILES string of the molecule is CCOC(=O)[C@H](CCC(=O)N[C@@H](Cc1ccc(OC(C)CC)c(OC(C)CC)c1)C(=O)OCC)NC(C)=O. The molecule has 0 aliphatic rings. The van der Waals surface area contributed by atoms with Gasteiger partial charge < -0.3 is 29.6 Å². The summed E-state index contributed by atoms with van der Waals surface area (Å²) in [6.45, 7) is 12.9. The third kappa shape index (κ3) is 11.8. The van der Waals surface area contributed by atoms with E-state index < -0.39 is 35.8 Å². The van der Waals surface area contributed by atoms with Crippen molar-refractivity contribution in [1.29, 1.82) is 0 Å². The molecule has 2 N–H and O–H groups in total. The van der Waals surface area contributed by atoms with Gasteiger partial charge in [0.05, 0.1) is 25.4 Å². The Hall–Kier alpha value is -3.30. The van der Waals surface area contributed by atoms with E-state index in [0.29, 0.717) is 11.5 Å². The van der Waals surface area contributed by atoms with Crippen LogP contribution in [0.1, 0.15) is 79.7 Å². The predicted octanol–water partition coefficient (Wildman–Crippen LogP) is 3.48. The minimum Gasteiger partial charge on any atom is -0.487 e. The normalized spacial score (nSPS) is 13.9. The van der Waals surface area contributed by atoms with Gasteiger partial charge >= 0.3 is 11.9 Å². The van der Waals surface area contributed by atoms with Gasteiger partial charge in [-0.1, -0.05) is 19.9 Å². The number of hydrogen-bond donors (Lipinski definition) is 2. The molecule has 0 aromatic heterocycles. The molecule has 0 heterocycles. The van der Waals surface area contributed by atoms with Crippen LogP contribution >= 0.6 is 0 Å². The highest BCUT2D eigenvalue weighted by Crippen LogP contribution is 2.31. The number of carbonyl (C=O) groups excluding carboxylic acids is 4. The zero-order valence-corrected chi connectivity index (χ0v) is 23.8. The van der Waals surface area contributed by atoms with Crippen LogP contribution in [0.4, 0.5) is 0 Å². The van der Waals surface area contributed by atoms with Crippen LogP contribution in [0.5, 0.6) is 11.5 Å². The molecule has 2 amide bonds. The molecule has 10 nitrogen and oxygen atoms in total. The molecule has 0 saturated heterocycles. The molecule has 0 bridgehead atoms. The molecule has 4 atom stereocenters. The number of esters is 2. The van der Waals surface area contributed by atoms with Gasteiger partial charge in [0.15, 0.2) is 11.5 Å². The Labute approximate surface area is 226 Å². The fourth-order valence-corrected chi connectivity index (χ4v) is 3.42. The van der Waals surface area contributed by atoms with Crippen molar-refractivity contribution in [3.05, 3.63) is 23.8 Å². The Bertz CT molecular complexity index is 920. The maximum absolute atomic E-state index is 12.8. The topological polar surface area (TPSA) is 129 Å². The summed E-state index contributed by atoms with van der Waals surface area (Å²) in [5.41, 5.74) is 0.751. The van der Waals surface area contributed by atoms with E-state index in [4.69, 9.17) is 18.9 Å². The second-order valence-electron chi connectivity index (χ2n) is 9.07. The van der Waals surface area contributed by atoms with Crippen LogP contribution in [-0.2, 0) is 35.1 Å². The van der Waals surface area contributed by atoms with E-state index in [1.165, 1.54) is 6.92 Å². The van der Waals surface area contributed by atoms with Crippen LogP contribution in [0.15, 0.2) is 18.2 Å². The number of carbonyl (C=O) groups is 4. The van der Waals surface area contributed by atoms with Gasteiger partial charge in [0, 0.05) is 19.8 Å². The lowest BCUT2D eigenvalue weighted by Gasteiger charge is -2.22. The lowest BCUT2D eigenvalue weighted by atomic mass is 10.0. The molecular formula is C28H44N2O8. The van der Waals surface area contributed by atoms with Gasteiger partial charge in [0.2, 0.25) is 11.8 Å². The van der Waals surface area contributed by atoms with E-state index in [-0.39, 0.29) is 44.7 Å². The number of hydrogen-bond acceptors (Lipinski definition) is 8. The average Bonchev–Trinajstić information content (AvgIpc) is 2.87. The molecule has 1 aromatic carbocycles. The van der Waals surface area contributed by atoms with E-state index in [9.17, 15) is 19.2 Å². The van der Waals surface area contributed by atoms with Gasteiger partial charge in [-0.15, -0.1) is 0 Å². The second kappa shape index (κ2) is 17.3. The molecule has 1 rings (SSSR count). The van der Waals surface area contributed by atoms with Crippen molar-refractivity contribution < 1.29 is 38.1 Å². The Morgan fingerprint density at radius 3 is 1.87 bits per heavy atom. The third-order valence-electron chi connectivity index (χ3n) is 5.77. The molecule has 0 spiro atoms. The fourth-order valence-electron chi connectivity index (χ4n) is 3.42. The zero-order valence-electron chi connectivity index (χ0n) is 23.8. The minimum absolute atomic E-state index is 0.00243. The monoisotopic (exact) mass is 536 g/mol. The van der Waals surface area contributed by atoms with Crippen LogP contribution in [0.2, 0.25) is 0 Å². The third-order valence-corrected chi connectivity index (χ3v) is 5.77. The van der Waals surface area contributed by atoms with Crippen molar-refractivity contribution in [3.8, 4) is 11.5 Å². The van der Waals surface area contributed by atoms with Crippen LogP contribution in [0.3, 0.4) is 0 Å². The van der Waals surface area contributed by atoms with Crippen molar-refractivity contribution in [2.75, 3.05) is 13.2 Å². The first-order valence-corrected chi connectivity index (χ1v) is 13.4. The molecule has 1 aromatic rings. The Morgan fingerprint density at radius 1 is 0.789 bits per heavy atom. The van der Waals surface area contributed by atoms with Gasteiger partial charge in [-0.3, -0.25) is 9.59 Å². The lowest BCUT2D eigenvalue weighted by Crippen LogP contribution is -2.45. The maximum atomic E-state index is 12.8. The van der Waals surface area contributed by atoms with E-state index in [1.807, 2.05) is 39.8 Å². The quantitative estimate of drug-likeness (QED) is 0.290. The first-order chi connectivity index (χ1) is 18.0. The average molecular weight is 537 g/mol. The van der Waals surface area contributed by atoms with Crippen molar-refractivity contribution in [1.82, 2.24) is 10.6 Å². The van der Waals surface area contributed by atoms with Crippen molar-refractivity contribution >= 4 is 23.8 Å². The second-order valence-corrected chi connectivity index (χ2v) is 9.07. The fraction of sp³-hybridized carbons (Fsp3) is 0.643. The summed E-state index contributed by atoms with van der Waals surface area (Å²) in [6.07, 6.45) is 1.68. The van der Waals surface area contributed by atoms with Crippen LogP contribution < -0.4 is 20.1 Å². The highest BCUT2D eigenvalue weighted by atomic mass is 16.5. The first-order valence-electron chi connectivity index (χ1n) is 13.4. The van der Waals surface area contributed by atoms with Crippen molar-refractivity contribution in [2.24, 2.45) is 0 Å². The van der Waals surface area contributed by atoms with Gasteiger partial charge in [-0.2, -0.15) is 0 Å². The molecule has 0 fully saturated rings. The molecule has 2 unspecified atom stereocenters. The number of rotatable bonds is 17. The number of benzene rings is 1. The highest BCUT2D eigenvalue weighted by molar-refractivity contribution is 5.86. The van der Waals surface area contributed by atoms with Crippen molar-refractivity contribution in [2.45, 2.75) is 105 Å². The molecule has 10 heteroatoms. The number of nitrogens with one attached hydrogen (secondary N) is 2. The Kier molecular flexibility index (Phi) is 14.9. The Morgan fingerprint density at radius 2 is 1.34 bits per heavy atom. The molecule has 0 radical (unpaired) electrons. The smallest absolute Gasteiger partial charge is 0.328 e. The summed E-state index contributed by atoms with van der Waals surface area (Å²) in [7, 11) is 0. The van der Waals surface area contributed by atoms with Crippen LogP contribution in [0, 0.1) is 0 Å². The highest BCUT2D eigenvalue weighted by Gasteiger charge is 2.26. The molecule has 214 valence electrons. The van der Waals surface area contributed by atoms with Gasteiger partial charge in [-0.25, -0.2) is 9.59 Å². The van der Waals surface area contributed by atoms with E-state index in [1.54, 1.807) is 19.9 Å². The van der Waals surface area contributed by atoms with Crippen molar-refractivity contribution in [3.63, 3.8) is 0 Å². The molecule has 0 aliphatic heterocycles. The number of amides is 2. The van der Waals surface area contributed by atoms with E-state index in [0.717, 1.165) is 18.4 Å². The van der Waals surface area contributed by atoms with Gasteiger partial charge in [0.25, 0.3) is 0 Å². The summed E-state index contributed by atoms with van der Waals surface area (Å²) >= 11 is 0. The van der Waals surface area contributed by atoms with Gasteiger partial charge in [0.1, 0.15) is 12.1 Å². The maximum Gasteiger partial charge on any atom is 0.328 e. The van der Waals surface area contributed by atoms with Crippen LogP contribution in [-0.4, -0.2) is 61.3 Å². The largest absolute Gasteiger partial charge is 0.487 e. The summed E-state index contributed by atoms with van der Waals surface area (Å²) in [6, 6.07) is 3.53. The first kappa shape index (κ1) is 32.7. The molecule has 0 saturated carbocycles. The summed E-state index contributed by atoms with van der Waals surface area (Å²) in [5, 5.41) is 5.20.